The van der Waals surface area contributed by atoms with Gasteiger partial charge in [-0.05, 0) is 26.3 Å². The monoisotopic (exact) mass is 244 g/mol. The van der Waals surface area contributed by atoms with E-state index in [1.807, 2.05) is 0 Å². The van der Waals surface area contributed by atoms with Gasteiger partial charge in [-0.15, -0.1) is 0 Å². The minimum atomic E-state index is -0.955. The Bertz CT molecular complexity index is 250. The third kappa shape index (κ3) is 4.26. The van der Waals surface area contributed by atoms with E-state index >= 15 is 0 Å². The van der Waals surface area contributed by atoms with Gasteiger partial charge in [0.1, 0.15) is 5.54 Å². The molecule has 0 aromatic rings. The first-order valence-electron chi connectivity index (χ1n) is 6.21. The molecule has 1 heterocycles. The second kappa shape index (κ2) is 6.33. The average molecular weight is 244 g/mol. The highest BCUT2D eigenvalue weighted by Crippen LogP contribution is 2.14. The van der Waals surface area contributed by atoms with Crippen molar-refractivity contribution < 1.29 is 14.3 Å². The fourth-order valence-electron chi connectivity index (χ4n) is 2.14. The van der Waals surface area contributed by atoms with E-state index in [9.17, 15) is 4.79 Å². The molecule has 1 rings (SSSR count). The zero-order chi connectivity index (χ0) is 12.9. The standard InChI is InChI=1S/C12H24N2O3/c1-4-14(8-10-6-5-7-17-10)9-12(2,13)11(15)16-3/h10H,4-9,13H2,1-3H3. The lowest BCUT2D eigenvalue weighted by Gasteiger charge is -2.31. The van der Waals surface area contributed by atoms with Crippen LogP contribution in [-0.4, -0.2) is 55.9 Å². The molecule has 2 N–H and O–H groups in total. The zero-order valence-electron chi connectivity index (χ0n) is 11.1. The Morgan fingerprint density at radius 1 is 1.65 bits per heavy atom. The van der Waals surface area contributed by atoms with Gasteiger partial charge in [-0.1, -0.05) is 6.92 Å². The molecule has 0 aromatic carbocycles. The van der Waals surface area contributed by atoms with E-state index in [4.69, 9.17) is 15.2 Å². The minimum absolute atomic E-state index is 0.281. The molecule has 100 valence electrons. The van der Waals surface area contributed by atoms with Crippen LogP contribution in [0.4, 0.5) is 0 Å². The van der Waals surface area contributed by atoms with Gasteiger partial charge in [0.15, 0.2) is 0 Å². The number of methoxy groups -OCH3 is 1. The number of hydrogen-bond acceptors (Lipinski definition) is 5. The van der Waals surface area contributed by atoms with Gasteiger partial charge < -0.3 is 15.2 Å². The molecule has 1 aliphatic heterocycles. The summed E-state index contributed by atoms with van der Waals surface area (Å²) < 4.78 is 10.3. The van der Waals surface area contributed by atoms with Crippen molar-refractivity contribution in [3.8, 4) is 0 Å². The topological polar surface area (TPSA) is 64.8 Å². The quantitative estimate of drug-likeness (QED) is 0.684. The Balaban J connectivity index is 2.47. The lowest BCUT2D eigenvalue weighted by molar-refractivity contribution is -0.147. The largest absolute Gasteiger partial charge is 0.468 e. The Morgan fingerprint density at radius 2 is 2.35 bits per heavy atom. The van der Waals surface area contributed by atoms with Gasteiger partial charge in [-0.2, -0.15) is 0 Å². The van der Waals surface area contributed by atoms with Crippen LogP contribution in [-0.2, 0) is 14.3 Å². The Labute approximate surface area is 103 Å². The molecule has 0 radical (unpaired) electrons. The maximum atomic E-state index is 11.5. The number of nitrogens with two attached hydrogens (primary N) is 1. The van der Waals surface area contributed by atoms with Crippen LogP contribution >= 0.6 is 0 Å². The lowest BCUT2D eigenvalue weighted by Crippen LogP contribution is -2.55. The summed E-state index contributed by atoms with van der Waals surface area (Å²) in [5.74, 6) is -0.372. The second-order valence-corrected chi connectivity index (χ2v) is 4.87. The SMILES string of the molecule is CCN(CC1CCCO1)CC(C)(N)C(=O)OC. The van der Waals surface area contributed by atoms with E-state index in [-0.39, 0.29) is 12.1 Å². The number of rotatable bonds is 6. The van der Waals surface area contributed by atoms with Crippen LogP contribution in [0.1, 0.15) is 26.7 Å². The molecule has 0 spiro atoms. The van der Waals surface area contributed by atoms with Crippen LogP contribution in [0.15, 0.2) is 0 Å². The number of esters is 1. The van der Waals surface area contributed by atoms with Crippen molar-refractivity contribution in [1.82, 2.24) is 4.90 Å². The molecule has 0 aliphatic carbocycles. The van der Waals surface area contributed by atoms with E-state index in [1.165, 1.54) is 7.11 Å². The first-order valence-corrected chi connectivity index (χ1v) is 6.21. The van der Waals surface area contributed by atoms with Crippen molar-refractivity contribution >= 4 is 5.97 Å². The molecule has 1 saturated heterocycles. The van der Waals surface area contributed by atoms with Crippen LogP contribution in [0.2, 0.25) is 0 Å². The van der Waals surface area contributed by atoms with Gasteiger partial charge in [-0.25, -0.2) is 0 Å². The molecule has 0 amide bonds. The van der Waals surface area contributed by atoms with Gasteiger partial charge in [0.05, 0.1) is 13.2 Å². The highest BCUT2D eigenvalue weighted by Gasteiger charge is 2.32. The van der Waals surface area contributed by atoms with Crippen LogP contribution in [0.25, 0.3) is 0 Å². The highest BCUT2D eigenvalue weighted by molar-refractivity contribution is 5.80. The smallest absolute Gasteiger partial charge is 0.326 e. The van der Waals surface area contributed by atoms with E-state index < -0.39 is 5.54 Å². The molecule has 0 saturated carbocycles. The number of ether oxygens (including phenoxy) is 2. The van der Waals surface area contributed by atoms with E-state index in [1.54, 1.807) is 6.92 Å². The fraction of sp³-hybridized carbons (Fsp3) is 0.917. The van der Waals surface area contributed by atoms with Gasteiger partial charge >= 0.3 is 5.97 Å². The normalized spacial score (nSPS) is 23.7. The van der Waals surface area contributed by atoms with E-state index in [2.05, 4.69) is 11.8 Å². The van der Waals surface area contributed by atoms with Crippen molar-refractivity contribution in [3.05, 3.63) is 0 Å². The third-order valence-corrected chi connectivity index (χ3v) is 3.14. The first-order chi connectivity index (χ1) is 7.99. The number of hydrogen-bond donors (Lipinski definition) is 1. The summed E-state index contributed by atoms with van der Waals surface area (Å²) in [6, 6.07) is 0. The number of carbonyl (C=O) groups is 1. The molecule has 2 unspecified atom stereocenters. The predicted molar refractivity (Wildman–Crippen MR) is 65.7 cm³/mol. The first kappa shape index (κ1) is 14.4. The zero-order valence-corrected chi connectivity index (χ0v) is 11.1. The number of likely N-dealkylation sites (N-methyl/N-ethyl adjacent to an activating group) is 1. The third-order valence-electron chi connectivity index (χ3n) is 3.14. The maximum absolute atomic E-state index is 11.5. The van der Waals surface area contributed by atoms with Crippen molar-refractivity contribution in [2.45, 2.75) is 38.3 Å². The van der Waals surface area contributed by atoms with Crippen LogP contribution in [0, 0.1) is 0 Å². The average Bonchev–Trinajstić information content (AvgIpc) is 2.79. The summed E-state index contributed by atoms with van der Waals surface area (Å²) in [4.78, 5) is 13.7. The summed E-state index contributed by atoms with van der Waals surface area (Å²) in [6.45, 7) is 6.79. The Morgan fingerprint density at radius 3 is 2.82 bits per heavy atom. The number of nitrogens with zero attached hydrogens (tertiary/aromatic N) is 1. The lowest BCUT2D eigenvalue weighted by atomic mass is 10.0. The minimum Gasteiger partial charge on any atom is -0.468 e. The predicted octanol–water partition coefficient (Wildman–Crippen LogP) is 0.378. The van der Waals surface area contributed by atoms with Crippen molar-refractivity contribution in [3.63, 3.8) is 0 Å². The molecule has 2 atom stereocenters. The molecule has 5 heteroatoms. The molecule has 0 bridgehead atoms. The van der Waals surface area contributed by atoms with Crippen LogP contribution in [0.5, 0.6) is 0 Å². The molecule has 5 nitrogen and oxygen atoms in total. The van der Waals surface area contributed by atoms with E-state index in [0.29, 0.717) is 6.54 Å². The summed E-state index contributed by atoms with van der Waals surface area (Å²) >= 11 is 0. The van der Waals surface area contributed by atoms with Crippen LogP contribution < -0.4 is 5.73 Å². The van der Waals surface area contributed by atoms with Crippen LogP contribution in [0.3, 0.4) is 0 Å². The van der Waals surface area contributed by atoms with E-state index in [0.717, 1.165) is 32.5 Å². The summed E-state index contributed by atoms with van der Waals surface area (Å²) in [6.07, 6.45) is 2.50. The maximum Gasteiger partial charge on any atom is 0.326 e. The molecular weight excluding hydrogens is 220 g/mol. The summed E-state index contributed by atoms with van der Waals surface area (Å²) in [5, 5.41) is 0. The molecule has 0 aromatic heterocycles. The second-order valence-electron chi connectivity index (χ2n) is 4.87. The molecule has 1 fully saturated rings. The Hall–Kier alpha value is -0.650. The van der Waals surface area contributed by atoms with Gasteiger partial charge in [0.25, 0.3) is 0 Å². The molecule has 1 aliphatic rings. The van der Waals surface area contributed by atoms with Crippen molar-refractivity contribution in [2.24, 2.45) is 5.73 Å². The summed E-state index contributed by atoms with van der Waals surface area (Å²) in [7, 11) is 1.36. The van der Waals surface area contributed by atoms with Gasteiger partial charge in [0.2, 0.25) is 0 Å². The molecule has 17 heavy (non-hydrogen) atoms. The highest BCUT2D eigenvalue weighted by atomic mass is 16.5. The van der Waals surface area contributed by atoms with Gasteiger partial charge in [-0.3, -0.25) is 9.69 Å². The molecular formula is C12H24N2O3. The fourth-order valence-corrected chi connectivity index (χ4v) is 2.14. The van der Waals surface area contributed by atoms with Gasteiger partial charge in [0, 0.05) is 19.7 Å². The number of carbonyl (C=O) groups excluding carboxylic acids is 1. The van der Waals surface area contributed by atoms with Crippen molar-refractivity contribution in [1.29, 1.82) is 0 Å². The van der Waals surface area contributed by atoms with Crippen molar-refractivity contribution in [2.75, 3.05) is 33.4 Å². The Kier molecular flexibility index (Phi) is 5.36. The summed E-state index contributed by atoms with van der Waals surface area (Å²) in [5.41, 5.74) is 5.01.